The lowest BCUT2D eigenvalue weighted by atomic mass is 10.2. The second-order valence-electron chi connectivity index (χ2n) is 3.79. The second-order valence-corrected chi connectivity index (χ2v) is 3.79. The van der Waals surface area contributed by atoms with Crippen molar-refractivity contribution < 1.29 is 13.5 Å². The Kier molecular flexibility index (Phi) is 7.99. The molecule has 0 aliphatic carbocycles. The van der Waals surface area contributed by atoms with Gasteiger partial charge in [0.2, 0.25) is 0 Å². The lowest BCUT2D eigenvalue weighted by Gasteiger charge is -2.13. The molecular formula is C10H21F2NO. The molecule has 0 saturated carbocycles. The van der Waals surface area contributed by atoms with E-state index < -0.39 is 13.0 Å². The Morgan fingerprint density at radius 3 is 2.36 bits per heavy atom. The SMILES string of the molecule is CC(C)NCCCC(C)OCC(F)F. The first kappa shape index (κ1) is 13.8. The average Bonchev–Trinajstić information content (AvgIpc) is 2.08. The van der Waals surface area contributed by atoms with Gasteiger partial charge in [-0.1, -0.05) is 13.8 Å². The summed E-state index contributed by atoms with van der Waals surface area (Å²) in [5, 5.41) is 3.26. The van der Waals surface area contributed by atoms with Gasteiger partial charge in [-0.25, -0.2) is 8.78 Å². The molecular weight excluding hydrogens is 188 g/mol. The monoisotopic (exact) mass is 209 g/mol. The molecule has 86 valence electrons. The molecule has 0 radical (unpaired) electrons. The minimum Gasteiger partial charge on any atom is -0.373 e. The molecule has 0 aliphatic heterocycles. The zero-order chi connectivity index (χ0) is 11.0. The van der Waals surface area contributed by atoms with E-state index in [1.807, 2.05) is 6.92 Å². The summed E-state index contributed by atoms with van der Waals surface area (Å²) >= 11 is 0. The van der Waals surface area contributed by atoms with Crippen LogP contribution >= 0.6 is 0 Å². The van der Waals surface area contributed by atoms with Crippen LogP contribution in [0.25, 0.3) is 0 Å². The highest BCUT2D eigenvalue weighted by Crippen LogP contribution is 2.03. The molecule has 2 nitrogen and oxygen atoms in total. The summed E-state index contributed by atoms with van der Waals surface area (Å²) in [7, 11) is 0. The van der Waals surface area contributed by atoms with Crippen LogP contribution in [0.2, 0.25) is 0 Å². The number of alkyl halides is 2. The molecule has 1 atom stereocenters. The van der Waals surface area contributed by atoms with Crippen LogP contribution in [0.4, 0.5) is 8.78 Å². The van der Waals surface area contributed by atoms with E-state index in [0.717, 1.165) is 19.4 Å². The summed E-state index contributed by atoms with van der Waals surface area (Å²) in [4.78, 5) is 0. The van der Waals surface area contributed by atoms with Crippen LogP contribution in [-0.2, 0) is 4.74 Å². The van der Waals surface area contributed by atoms with Gasteiger partial charge >= 0.3 is 0 Å². The minimum atomic E-state index is -2.36. The van der Waals surface area contributed by atoms with Crippen LogP contribution in [0.15, 0.2) is 0 Å². The maximum atomic E-state index is 11.8. The smallest absolute Gasteiger partial charge is 0.261 e. The van der Waals surface area contributed by atoms with Crippen molar-refractivity contribution in [3.05, 3.63) is 0 Å². The van der Waals surface area contributed by atoms with Gasteiger partial charge in [-0.3, -0.25) is 0 Å². The number of hydrogen-bond donors (Lipinski definition) is 1. The number of halogens is 2. The van der Waals surface area contributed by atoms with Gasteiger partial charge in [-0.15, -0.1) is 0 Å². The molecule has 0 spiro atoms. The van der Waals surface area contributed by atoms with Crippen LogP contribution < -0.4 is 5.32 Å². The van der Waals surface area contributed by atoms with Crippen LogP contribution in [0, 0.1) is 0 Å². The van der Waals surface area contributed by atoms with Crippen molar-refractivity contribution in [1.29, 1.82) is 0 Å². The van der Waals surface area contributed by atoms with Crippen LogP contribution in [0.5, 0.6) is 0 Å². The Labute approximate surface area is 85.0 Å². The molecule has 0 aromatic rings. The van der Waals surface area contributed by atoms with E-state index >= 15 is 0 Å². The van der Waals surface area contributed by atoms with Gasteiger partial charge in [0.05, 0.1) is 6.10 Å². The van der Waals surface area contributed by atoms with Crippen LogP contribution in [0.3, 0.4) is 0 Å². The quantitative estimate of drug-likeness (QED) is 0.620. The standard InChI is InChI=1S/C10H21F2NO/c1-8(2)13-6-4-5-9(3)14-7-10(11)12/h8-10,13H,4-7H2,1-3H3. The third-order valence-corrected chi connectivity index (χ3v) is 1.85. The molecule has 0 saturated heterocycles. The van der Waals surface area contributed by atoms with E-state index in [0.29, 0.717) is 6.04 Å². The summed E-state index contributed by atoms with van der Waals surface area (Å²) < 4.78 is 28.4. The van der Waals surface area contributed by atoms with E-state index in [1.165, 1.54) is 0 Å². The van der Waals surface area contributed by atoms with E-state index in [9.17, 15) is 8.78 Å². The number of ether oxygens (including phenoxy) is 1. The maximum Gasteiger partial charge on any atom is 0.261 e. The normalized spacial score (nSPS) is 13.9. The third kappa shape index (κ3) is 9.86. The van der Waals surface area contributed by atoms with Crippen molar-refractivity contribution in [2.24, 2.45) is 0 Å². The first-order chi connectivity index (χ1) is 6.52. The molecule has 0 aromatic heterocycles. The first-order valence-corrected chi connectivity index (χ1v) is 5.15. The highest BCUT2D eigenvalue weighted by Gasteiger charge is 2.07. The van der Waals surface area contributed by atoms with Crippen molar-refractivity contribution in [2.75, 3.05) is 13.2 Å². The van der Waals surface area contributed by atoms with Crippen molar-refractivity contribution in [1.82, 2.24) is 5.32 Å². The molecule has 0 aliphatic rings. The van der Waals surface area contributed by atoms with Crippen molar-refractivity contribution in [3.8, 4) is 0 Å². The van der Waals surface area contributed by atoms with Gasteiger partial charge in [0, 0.05) is 6.04 Å². The molecule has 0 bridgehead atoms. The zero-order valence-electron chi connectivity index (χ0n) is 9.22. The molecule has 1 N–H and O–H groups in total. The van der Waals surface area contributed by atoms with Gasteiger partial charge in [0.25, 0.3) is 6.43 Å². The Balaban J connectivity index is 3.22. The highest BCUT2D eigenvalue weighted by molar-refractivity contribution is 4.56. The fraction of sp³-hybridized carbons (Fsp3) is 1.00. The Bertz CT molecular complexity index is 131. The van der Waals surface area contributed by atoms with Crippen LogP contribution in [-0.4, -0.2) is 31.7 Å². The Morgan fingerprint density at radius 1 is 1.21 bits per heavy atom. The fourth-order valence-corrected chi connectivity index (χ4v) is 1.10. The Morgan fingerprint density at radius 2 is 1.86 bits per heavy atom. The summed E-state index contributed by atoms with van der Waals surface area (Å²) in [5.41, 5.74) is 0. The van der Waals surface area contributed by atoms with Crippen molar-refractivity contribution in [2.45, 2.75) is 52.2 Å². The first-order valence-electron chi connectivity index (χ1n) is 5.15. The lowest BCUT2D eigenvalue weighted by molar-refractivity contribution is -0.0202. The molecule has 0 aromatic carbocycles. The van der Waals surface area contributed by atoms with E-state index in [-0.39, 0.29) is 6.10 Å². The van der Waals surface area contributed by atoms with E-state index in [1.54, 1.807) is 0 Å². The minimum absolute atomic E-state index is 0.0713. The second kappa shape index (κ2) is 8.12. The summed E-state index contributed by atoms with van der Waals surface area (Å²) in [6.45, 7) is 6.46. The predicted molar refractivity (Wildman–Crippen MR) is 53.8 cm³/mol. The van der Waals surface area contributed by atoms with Crippen LogP contribution in [0.1, 0.15) is 33.6 Å². The topological polar surface area (TPSA) is 21.3 Å². The predicted octanol–water partition coefficient (Wildman–Crippen LogP) is 2.43. The summed E-state index contributed by atoms with van der Waals surface area (Å²) in [5.74, 6) is 0. The van der Waals surface area contributed by atoms with Gasteiger partial charge < -0.3 is 10.1 Å². The van der Waals surface area contributed by atoms with Gasteiger partial charge in [0.15, 0.2) is 0 Å². The molecule has 4 heteroatoms. The maximum absolute atomic E-state index is 11.8. The summed E-state index contributed by atoms with van der Waals surface area (Å²) in [6.07, 6.45) is -0.640. The number of hydrogen-bond acceptors (Lipinski definition) is 2. The van der Waals surface area contributed by atoms with Gasteiger partial charge in [0.1, 0.15) is 6.61 Å². The van der Waals surface area contributed by atoms with Crippen molar-refractivity contribution in [3.63, 3.8) is 0 Å². The Hall–Kier alpha value is -0.220. The highest BCUT2D eigenvalue weighted by atomic mass is 19.3. The number of nitrogens with one attached hydrogen (secondary N) is 1. The number of rotatable bonds is 8. The average molecular weight is 209 g/mol. The van der Waals surface area contributed by atoms with Gasteiger partial charge in [-0.2, -0.15) is 0 Å². The fourth-order valence-electron chi connectivity index (χ4n) is 1.10. The van der Waals surface area contributed by atoms with Gasteiger partial charge in [-0.05, 0) is 26.3 Å². The van der Waals surface area contributed by atoms with E-state index in [4.69, 9.17) is 4.74 Å². The lowest BCUT2D eigenvalue weighted by Crippen LogP contribution is -2.24. The van der Waals surface area contributed by atoms with E-state index in [2.05, 4.69) is 19.2 Å². The third-order valence-electron chi connectivity index (χ3n) is 1.85. The zero-order valence-corrected chi connectivity index (χ0v) is 9.22. The molecule has 1 unspecified atom stereocenters. The molecule has 0 fully saturated rings. The molecule has 0 amide bonds. The summed E-state index contributed by atoms with van der Waals surface area (Å²) in [6, 6.07) is 0.479. The molecule has 0 heterocycles. The molecule has 0 rings (SSSR count). The largest absolute Gasteiger partial charge is 0.373 e. The van der Waals surface area contributed by atoms with Crippen molar-refractivity contribution >= 4 is 0 Å². The molecule has 14 heavy (non-hydrogen) atoms.